The van der Waals surface area contributed by atoms with Crippen LogP contribution in [0.3, 0.4) is 0 Å². The van der Waals surface area contributed by atoms with Crippen LogP contribution in [-0.4, -0.2) is 92.5 Å². The minimum atomic E-state index is -2.55. The highest BCUT2D eigenvalue weighted by atomic mass is 19.2. The molecule has 6 atom stereocenters. The van der Waals surface area contributed by atoms with Crippen molar-refractivity contribution in [2.24, 2.45) is 0 Å². The Morgan fingerprint density at radius 3 is 1.67 bits per heavy atom. The summed E-state index contributed by atoms with van der Waals surface area (Å²) in [5.41, 5.74) is 3.33. The Morgan fingerprint density at radius 1 is 0.638 bits per heavy atom. The van der Waals surface area contributed by atoms with Crippen LogP contribution >= 0.6 is 0 Å². The Morgan fingerprint density at radius 2 is 1.14 bits per heavy atom. The second-order valence-electron chi connectivity index (χ2n) is 12.7. The molecule has 0 radical (unpaired) electrons. The van der Waals surface area contributed by atoms with Gasteiger partial charge in [-0.15, -0.1) is 0 Å². The minimum absolute atomic E-state index is 0.320. The van der Waals surface area contributed by atoms with E-state index in [-0.39, 0.29) is 6.61 Å². The van der Waals surface area contributed by atoms with E-state index in [2.05, 4.69) is 10.1 Å². The Bertz CT molecular complexity index is 2030. The molecule has 1 aliphatic carbocycles. The first-order valence-corrected chi connectivity index (χ1v) is 17.2. The van der Waals surface area contributed by atoms with Crippen LogP contribution in [0.15, 0.2) is 48.5 Å². The molecule has 0 spiro atoms. The molecule has 0 aromatic heterocycles. The molecule has 3 aromatic rings. The van der Waals surface area contributed by atoms with Gasteiger partial charge in [0, 0.05) is 33.6 Å². The monoisotopic (exact) mass is 823 g/mol. The molecule has 20 heteroatoms. The molecular weight excluding hydrogens is 789 g/mol. The first-order chi connectivity index (χ1) is 27.5. The molecule has 310 valence electrons. The zero-order chi connectivity index (χ0) is 42.4. The van der Waals surface area contributed by atoms with Crippen molar-refractivity contribution in [2.75, 3.05) is 19.8 Å². The summed E-state index contributed by atoms with van der Waals surface area (Å²) in [6.45, 7) is 1.72. The summed E-state index contributed by atoms with van der Waals surface area (Å²) in [5.74, 6) is -20.7. The van der Waals surface area contributed by atoms with Gasteiger partial charge in [-0.25, -0.2) is 22.8 Å². The zero-order valence-corrected chi connectivity index (χ0v) is 30.9. The highest BCUT2D eigenvalue weighted by Gasteiger charge is 2.53. The van der Waals surface area contributed by atoms with E-state index in [9.17, 15) is 50.7 Å². The molecule has 1 heterocycles. The number of nitrogens with one attached hydrogen (secondary N) is 1. The van der Waals surface area contributed by atoms with Gasteiger partial charge in [0.1, 0.15) is 19.3 Å². The fourth-order valence-electron chi connectivity index (χ4n) is 6.31. The van der Waals surface area contributed by atoms with Crippen molar-refractivity contribution in [1.29, 1.82) is 0 Å². The van der Waals surface area contributed by atoms with E-state index in [1.807, 2.05) is 36.4 Å². The van der Waals surface area contributed by atoms with Gasteiger partial charge in [-0.2, -0.15) is 8.78 Å². The van der Waals surface area contributed by atoms with Gasteiger partial charge in [0.15, 0.2) is 30.6 Å². The molecule has 15 nitrogen and oxygen atoms in total. The van der Waals surface area contributed by atoms with Crippen molar-refractivity contribution >= 4 is 35.9 Å². The van der Waals surface area contributed by atoms with Crippen LogP contribution in [0.2, 0.25) is 0 Å². The molecule has 1 aliphatic heterocycles. The summed E-state index contributed by atoms with van der Waals surface area (Å²) in [4.78, 5) is 74.9. The van der Waals surface area contributed by atoms with E-state index in [0.717, 1.165) is 49.9 Å². The van der Waals surface area contributed by atoms with Gasteiger partial charge in [-0.1, -0.05) is 48.5 Å². The number of esters is 5. The normalized spacial score (nSPS) is 20.1. The number of rotatable bonds is 13. The summed E-state index contributed by atoms with van der Waals surface area (Å²) >= 11 is 0. The third kappa shape index (κ3) is 9.68. The van der Waals surface area contributed by atoms with Gasteiger partial charge in [-0.05, 0) is 22.3 Å². The average molecular weight is 824 g/mol. The van der Waals surface area contributed by atoms with Crippen molar-refractivity contribution in [2.45, 2.75) is 70.4 Å². The van der Waals surface area contributed by atoms with Gasteiger partial charge in [0.25, 0.3) is 0 Å². The molecule has 1 fully saturated rings. The van der Waals surface area contributed by atoms with Crippen molar-refractivity contribution in [3.8, 4) is 16.9 Å². The van der Waals surface area contributed by atoms with Crippen LogP contribution in [0.25, 0.3) is 11.1 Å². The van der Waals surface area contributed by atoms with Gasteiger partial charge in [0.2, 0.25) is 34.8 Å². The molecule has 2 aliphatic rings. The SMILES string of the molecule is CC(=O)OCC1O[C@@H](OC[C@H](NC(=O)OCC2c3ccccc3-c3ccccc32)C(=O)Oc2c(F)c(F)c(F)c(F)c2F)C(OC(C)=O)[C@H](OC(C)=O)[C@H]1OC(C)=O. The second kappa shape index (κ2) is 18.4. The molecule has 2 unspecified atom stereocenters. The van der Waals surface area contributed by atoms with Crippen molar-refractivity contribution in [3.63, 3.8) is 0 Å². The van der Waals surface area contributed by atoms with E-state index in [0.29, 0.717) is 0 Å². The van der Waals surface area contributed by atoms with Crippen LogP contribution < -0.4 is 10.1 Å². The van der Waals surface area contributed by atoms with Crippen LogP contribution in [0.1, 0.15) is 44.7 Å². The smallest absolute Gasteiger partial charge is 0.407 e. The van der Waals surface area contributed by atoms with E-state index in [1.54, 1.807) is 12.1 Å². The number of benzene rings is 3. The number of hydrogen-bond donors (Lipinski definition) is 1. The predicted octanol–water partition coefficient (Wildman–Crippen LogP) is 4.29. The summed E-state index contributed by atoms with van der Waals surface area (Å²) in [6.07, 6.45) is -10.0. The van der Waals surface area contributed by atoms with Crippen LogP contribution in [0.5, 0.6) is 5.75 Å². The quantitative estimate of drug-likeness (QED) is 0.0642. The van der Waals surface area contributed by atoms with Crippen molar-refractivity contribution in [1.82, 2.24) is 5.32 Å². The standard InChI is InChI=1S/C38H34F5NO14/c1-16(45)51-15-26-32(54-17(2)46)34(55-18(3)47)35(56-19(4)48)37(57-26)52-14-25(36(49)58-33-30(42)28(40)27(39)29(41)31(33)43)44-38(50)53-13-24-22-11-7-5-9-20(22)21-10-6-8-12-23(21)24/h5-12,24-26,32,34-35,37H,13-15H2,1-4H3,(H,44,50)/t25-,26?,32-,34+,35?,37+/m0/s1. The van der Waals surface area contributed by atoms with E-state index in [4.69, 9.17) is 33.2 Å². The number of ether oxygens (including phenoxy) is 8. The van der Waals surface area contributed by atoms with Crippen molar-refractivity contribution in [3.05, 3.63) is 88.7 Å². The van der Waals surface area contributed by atoms with Crippen LogP contribution in [0, 0.1) is 29.1 Å². The molecule has 1 amide bonds. The third-order valence-electron chi connectivity index (χ3n) is 8.67. The second-order valence-corrected chi connectivity index (χ2v) is 12.7. The first-order valence-electron chi connectivity index (χ1n) is 17.2. The number of amides is 1. The fourth-order valence-corrected chi connectivity index (χ4v) is 6.31. The molecule has 0 saturated carbocycles. The lowest BCUT2D eigenvalue weighted by molar-refractivity contribution is -0.308. The highest BCUT2D eigenvalue weighted by molar-refractivity contribution is 5.83. The maximum absolute atomic E-state index is 14.6. The number of carbonyl (C=O) groups is 6. The van der Waals surface area contributed by atoms with Gasteiger partial charge in [0.05, 0.1) is 6.61 Å². The summed E-state index contributed by atoms with van der Waals surface area (Å²) in [6, 6.07) is 12.3. The Kier molecular flexibility index (Phi) is 13.6. The number of hydrogen-bond acceptors (Lipinski definition) is 14. The summed E-state index contributed by atoms with van der Waals surface area (Å²) in [7, 11) is 0. The van der Waals surface area contributed by atoms with Crippen molar-refractivity contribution < 1.29 is 88.6 Å². The zero-order valence-electron chi connectivity index (χ0n) is 30.9. The molecular formula is C38H34F5NO14. The van der Waals surface area contributed by atoms with E-state index < -0.39 is 127 Å². The third-order valence-corrected chi connectivity index (χ3v) is 8.67. The lowest BCUT2D eigenvalue weighted by Crippen LogP contribution is -2.63. The molecule has 5 rings (SSSR count). The van der Waals surface area contributed by atoms with Gasteiger partial charge >= 0.3 is 35.9 Å². The first kappa shape index (κ1) is 43.0. The van der Waals surface area contributed by atoms with E-state index in [1.165, 1.54) is 0 Å². The van der Waals surface area contributed by atoms with Crippen LogP contribution in [-0.2, 0) is 57.1 Å². The topological polar surface area (TPSA) is 188 Å². The molecule has 0 bridgehead atoms. The lowest BCUT2D eigenvalue weighted by Gasteiger charge is -2.44. The Hall–Kier alpha value is -6.15. The summed E-state index contributed by atoms with van der Waals surface area (Å²) < 4.78 is 113. The van der Waals surface area contributed by atoms with Gasteiger partial charge in [-0.3, -0.25) is 19.2 Å². The maximum Gasteiger partial charge on any atom is 0.407 e. The predicted molar refractivity (Wildman–Crippen MR) is 182 cm³/mol. The maximum atomic E-state index is 14.6. The molecule has 3 aromatic carbocycles. The molecule has 58 heavy (non-hydrogen) atoms. The molecule has 1 N–H and O–H groups in total. The fraction of sp³-hybridized carbons (Fsp3) is 0.368. The Labute approximate surface area is 325 Å². The van der Waals surface area contributed by atoms with Gasteiger partial charge < -0.3 is 43.2 Å². The number of alkyl carbamates (subject to hydrolysis) is 1. The molecule has 1 saturated heterocycles. The number of fused-ring (bicyclic) bond motifs is 3. The minimum Gasteiger partial charge on any atom is -0.463 e. The number of carbonyl (C=O) groups excluding carboxylic acids is 6. The lowest BCUT2D eigenvalue weighted by atomic mass is 9.98. The average Bonchev–Trinajstić information content (AvgIpc) is 3.49. The largest absolute Gasteiger partial charge is 0.463 e. The Balaban J connectivity index is 1.44. The number of halogens is 5. The summed E-state index contributed by atoms with van der Waals surface area (Å²) in [5, 5.41) is 2.06. The van der Waals surface area contributed by atoms with E-state index >= 15 is 0 Å². The highest BCUT2D eigenvalue weighted by Crippen LogP contribution is 2.44. The van der Waals surface area contributed by atoms with Crippen LogP contribution in [0.4, 0.5) is 26.7 Å².